The van der Waals surface area contributed by atoms with Crippen molar-refractivity contribution in [2.45, 2.75) is 0 Å². The summed E-state index contributed by atoms with van der Waals surface area (Å²) in [6.45, 7) is 0. The average molecular weight is 391 g/mol. The maximum atomic E-state index is 12.5. The van der Waals surface area contributed by atoms with Crippen LogP contribution in [-0.2, 0) is 9.53 Å². The third-order valence-electron chi connectivity index (χ3n) is 3.73. The first-order valence-electron chi connectivity index (χ1n) is 7.41. The number of amides is 1. The Morgan fingerprint density at radius 3 is 2.58 bits per heavy atom. The van der Waals surface area contributed by atoms with E-state index in [9.17, 15) is 14.4 Å². The molecular weight excluding hydrogens is 379 g/mol. The number of Topliss-reactive ketones (excluding diaryl/α,β-unsaturated/α-hetero) is 1. The molecule has 0 unspecified atom stereocenters. The summed E-state index contributed by atoms with van der Waals surface area (Å²) in [6, 6.07) is 9.16. The quantitative estimate of drug-likeness (QED) is 0.399. The van der Waals surface area contributed by atoms with Crippen LogP contribution in [0.2, 0.25) is 10.0 Å². The molecular formula is C18H12Cl2N2O4. The number of hydrogen-bond acceptors (Lipinski definition) is 4. The maximum absolute atomic E-state index is 12.5. The SMILES string of the molecule is COC(=O)c1ccc(Cl)c(NC(=O)C(=O)c2c[nH]c3cc(Cl)ccc23)c1. The highest BCUT2D eigenvalue weighted by Crippen LogP contribution is 2.25. The lowest BCUT2D eigenvalue weighted by molar-refractivity contribution is -0.112. The lowest BCUT2D eigenvalue weighted by Crippen LogP contribution is -2.23. The standard InChI is InChI=1S/C18H12Cl2N2O4/c1-26-18(25)9-2-5-13(20)15(6-9)22-17(24)16(23)12-8-21-14-7-10(19)3-4-11(12)14/h2-8,21H,1H3,(H,22,24). The van der Waals surface area contributed by atoms with Gasteiger partial charge in [-0.1, -0.05) is 29.3 Å². The van der Waals surface area contributed by atoms with E-state index in [1.807, 2.05) is 0 Å². The zero-order valence-corrected chi connectivity index (χ0v) is 14.9. The highest BCUT2D eigenvalue weighted by Gasteiger charge is 2.21. The summed E-state index contributed by atoms with van der Waals surface area (Å²) < 4.78 is 4.62. The number of esters is 1. The molecule has 132 valence electrons. The fraction of sp³-hybridized carbons (Fsp3) is 0.0556. The molecule has 2 N–H and O–H groups in total. The van der Waals surface area contributed by atoms with Gasteiger partial charge in [0.1, 0.15) is 0 Å². The third kappa shape index (κ3) is 3.42. The Morgan fingerprint density at radius 2 is 1.85 bits per heavy atom. The minimum atomic E-state index is -0.884. The van der Waals surface area contributed by atoms with Gasteiger partial charge in [-0.2, -0.15) is 0 Å². The lowest BCUT2D eigenvalue weighted by Gasteiger charge is -2.08. The molecule has 0 atom stereocenters. The van der Waals surface area contributed by atoms with Crippen LogP contribution in [0.5, 0.6) is 0 Å². The zero-order valence-electron chi connectivity index (χ0n) is 13.4. The molecule has 0 fully saturated rings. The van der Waals surface area contributed by atoms with Crippen molar-refractivity contribution in [1.29, 1.82) is 0 Å². The molecule has 0 bridgehead atoms. The van der Waals surface area contributed by atoms with E-state index in [-0.39, 0.29) is 21.8 Å². The first kappa shape index (κ1) is 18.0. The Labute approximate surface area is 158 Å². The van der Waals surface area contributed by atoms with Crippen molar-refractivity contribution >= 4 is 57.5 Å². The second-order valence-corrected chi connectivity index (χ2v) is 6.21. The number of hydrogen-bond donors (Lipinski definition) is 2. The molecule has 6 nitrogen and oxygen atoms in total. The van der Waals surface area contributed by atoms with E-state index in [2.05, 4.69) is 15.0 Å². The predicted octanol–water partition coefficient (Wildman–Crippen LogP) is 4.08. The molecule has 8 heteroatoms. The van der Waals surface area contributed by atoms with Crippen molar-refractivity contribution in [3.63, 3.8) is 0 Å². The monoisotopic (exact) mass is 390 g/mol. The summed E-state index contributed by atoms with van der Waals surface area (Å²) in [4.78, 5) is 39.3. The van der Waals surface area contributed by atoms with E-state index < -0.39 is 17.7 Å². The molecule has 1 amide bonds. The number of fused-ring (bicyclic) bond motifs is 1. The number of methoxy groups -OCH3 is 1. The number of H-pyrrole nitrogens is 1. The molecule has 26 heavy (non-hydrogen) atoms. The number of aromatic amines is 1. The molecule has 2 aromatic carbocycles. The van der Waals surface area contributed by atoms with Gasteiger partial charge in [-0.05, 0) is 30.3 Å². The smallest absolute Gasteiger partial charge is 0.337 e. The number of benzene rings is 2. The van der Waals surface area contributed by atoms with Gasteiger partial charge in [-0.3, -0.25) is 9.59 Å². The first-order valence-corrected chi connectivity index (χ1v) is 8.16. The molecule has 0 aliphatic carbocycles. The summed E-state index contributed by atoms with van der Waals surface area (Å²) in [5, 5.41) is 3.69. The molecule has 0 aliphatic rings. The third-order valence-corrected chi connectivity index (χ3v) is 4.29. The van der Waals surface area contributed by atoms with Crippen molar-refractivity contribution in [2.75, 3.05) is 12.4 Å². The van der Waals surface area contributed by atoms with Crippen LogP contribution in [-0.4, -0.2) is 29.8 Å². The van der Waals surface area contributed by atoms with E-state index in [4.69, 9.17) is 23.2 Å². The van der Waals surface area contributed by atoms with E-state index in [1.165, 1.54) is 31.5 Å². The number of anilines is 1. The van der Waals surface area contributed by atoms with Gasteiger partial charge in [0.25, 0.3) is 11.7 Å². The molecule has 1 heterocycles. The number of rotatable bonds is 4. The summed E-state index contributed by atoms with van der Waals surface area (Å²) in [5.74, 6) is -2.22. The molecule has 0 spiro atoms. The normalized spacial score (nSPS) is 10.6. The van der Waals surface area contributed by atoms with Crippen LogP contribution in [0.4, 0.5) is 5.69 Å². The molecule has 0 radical (unpaired) electrons. The first-order chi connectivity index (χ1) is 12.4. The van der Waals surface area contributed by atoms with E-state index in [0.717, 1.165) is 0 Å². The Kier molecular flexibility index (Phi) is 4.97. The van der Waals surface area contributed by atoms with E-state index in [0.29, 0.717) is 15.9 Å². The lowest BCUT2D eigenvalue weighted by atomic mass is 10.1. The van der Waals surface area contributed by atoms with Gasteiger partial charge in [0.05, 0.1) is 28.9 Å². The van der Waals surface area contributed by atoms with Gasteiger partial charge in [-0.15, -0.1) is 0 Å². The number of ketones is 1. The fourth-order valence-electron chi connectivity index (χ4n) is 2.45. The second-order valence-electron chi connectivity index (χ2n) is 5.36. The van der Waals surface area contributed by atoms with Gasteiger partial charge in [-0.25, -0.2) is 4.79 Å². The summed E-state index contributed by atoms with van der Waals surface area (Å²) in [7, 11) is 1.24. The minimum Gasteiger partial charge on any atom is -0.465 e. The molecule has 3 aromatic rings. The number of aromatic nitrogens is 1. The second kappa shape index (κ2) is 7.19. The largest absolute Gasteiger partial charge is 0.465 e. The number of nitrogens with one attached hydrogen (secondary N) is 2. The van der Waals surface area contributed by atoms with Crippen molar-refractivity contribution in [3.8, 4) is 0 Å². The topological polar surface area (TPSA) is 88.3 Å². The summed E-state index contributed by atoms with van der Waals surface area (Å²) in [5.41, 5.74) is 1.17. The number of ether oxygens (including phenoxy) is 1. The Hall–Kier alpha value is -2.83. The maximum Gasteiger partial charge on any atom is 0.337 e. The predicted molar refractivity (Wildman–Crippen MR) is 99.1 cm³/mol. The van der Waals surface area contributed by atoms with Crippen LogP contribution in [0.1, 0.15) is 20.7 Å². The average Bonchev–Trinajstić information content (AvgIpc) is 3.04. The van der Waals surface area contributed by atoms with Crippen molar-refractivity contribution in [1.82, 2.24) is 4.98 Å². The summed E-state index contributed by atoms with van der Waals surface area (Å²) in [6.07, 6.45) is 1.44. The zero-order chi connectivity index (χ0) is 18.8. The highest BCUT2D eigenvalue weighted by atomic mass is 35.5. The van der Waals surface area contributed by atoms with Crippen LogP contribution < -0.4 is 5.32 Å². The Morgan fingerprint density at radius 1 is 1.08 bits per heavy atom. The van der Waals surface area contributed by atoms with Gasteiger partial charge in [0.15, 0.2) is 0 Å². The Bertz CT molecular complexity index is 1040. The molecule has 0 aliphatic heterocycles. The van der Waals surface area contributed by atoms with E-state index >= 15 is 0 Å². The molecule has 3 rings (SSSR count). The van der Waals surface area contributed by atoms with Crippen LogP contribution in [0.15, 0.2) is 42.6 Å². The van der Waals surface area contributed by atoms with Gasteiger partial charge in [0.2, 0.25) is 0 Å². The molecule has 0 saturated carbocycles. The van der Waals surface area contributed by atoms with Crippen LogP contribution >= 0.6 is 23.2 Å². The number of halogens is 2. The fourth-order valence-corrected chi connectivity index (χ4v) is 2.79. The van der Waals surface area contributed by atoms with Crippen LogP contribution in [0, 0.1) is 0 Å². The number of carbonyl (C=O) groups is 3. The van der Waals surface area contributed by atoms with Crippen molar-refractivity contribution in [3.05, 3.63) is 63.8 Å². The van der Waals surface area contributed by atoms with Gasteiger partial charge in [0, 0.05) is 22.1 Å². The summed E-state index contributed by atoms with van der Waals surface area (Å²) >= 11 is 11.9. The van der Waals surface area contributed by atoms with E-state index in [1.54, 1.807) is 18.2 Å². The minimum absolute atomic E-state index is 0.135. The van der Waals surface area contributed by atoms with Crippen molar-refractivity contribution in [2.24, 2.45) is 0 Å². The Balaban J connectivity index is 1.87. The van der Waals surface area contributed by atoms with Gasteiger partial charge >= 0.3 is 5.97 Å². The van der Waals surface area contributed by atoms with Crippen LogP contribution in [0.25, 0.3) is 10.9 Å². The highest BCUT2D eigenvalue weighted by molar-refractivity contribution is 6.49. The molecule has 0 saturated heterocycles. The van der Waals surface area contributed by atoms with Crippen molar-refractivity contribution < 1.29 is 19.1 Å². The number of carbonyl (C=O) groups excluding carboxylic acids is 3. The molecule has 1 aromatic heterocycles. The van der Waals surface area contributed by atoms with Gasteiger partial charge < -0.3 is 15.0 Å². The van der Waals surface area contributed by atoms with Crippen LogP contribution in [0.3, 0.4) is 0 Å².